The van der Waals surface area contributed by atoms with Crippen LogP contribution in [-0.4, -0.2) is 19.7 Å². The Morgan fingerprint density at radius 1 is 1.43 bits per heavy atom. The molecule has 0 unspecified atom stereocenters. The van der Waals surface area contributed by atoms with Gasteiger partial charge in [0.2, 0.25) is 0 Å². The van der Waals surface area contributed by atoms with Gasteiger partial charge in [-0.25, -0.2) is 4.98 Å². The van der Waals surface area contributed by atoms with E-state index in [1.807, 2.05) is 13.1 Å². The van der Waals surface area contributed by atoms with Crippen LogP contribution in [0.3, 0.4) is 0 Å². The van der Waals surface area contributed by atoms with Crippen molar-refractivity contribution in [1.82, 2.24) is 19.7 Å². The van der Waals surface area contributed by atoms with E-state index in [0.29, 0.717) is 12.2 Å². The van der Waals surface area contributed by atoms with Crippen molar-refractivity contribution in [3.05, 3.63) is 46.4 Å². The Kier molecular flexibility index (Phi) is 2.14. The molecule has 0 atom stereocenters. The first-order chi connectivity index (χ1) is 6.75. The van der Waals surface area contributed by atoms with E-state index in [1.165, 1.54) is 12.3 Å². The van der Waals surface area contributed by atoms with Crippen LogP contribution in [0.2, 0.25) is 0 Å². The molecule has 2 aromatic heterocycles. The monoisotopic (exact) mass is 190 g/mol. The lowest BCUT2D eigenvalue weighted by Crippen LogP contribution is -2.10. The van der Waals surface area contributed by atoms with Crippen LogP contribution in [-0.2, 0) is 13.5 Å². The number of nitrogens with zero attached hydrogens (tertiary/aromatic N) is 3. The normalized spacial score (nSPS) is 10.4. The zero-order chi connectivity index (χ0) is 9.97. The number of nitrogens with one attached hydrogen (secondary N) is 1. The SMILES string of the molecule is Cn1nccc1Cc1nccc(=O)[nH]1. The lowest BCUT2D eigenvalue weighted by Gasteiger charge is -2.00. The largest absolute Gasteiger partial charge is 0.310 e. The zero-order valence-corrected chi connectivity index (χ0v) is 7.77. The fraction of sp³-hybridized carbons (Fsp3) is 0.222. The number of aromatic nitrogens is 4. The van der Waals surface area contributed by atoms with Crippen LogP contribution >= 0.6 is 0 Å². The third-order valence-electron chi connectivity index (χ3n) is 1.99. The molecule has 0 bridgehead atoms. The van der Waals surface area contributed by atoms with Crippen LogP contribution in [0.25, 0.3) is 0 Å². The van der Waals surface area contributed by atoms with Crippen LogP contribution < -0.4 is 5.56 Å². The second-order valence-corrected chi connectivity index (χ2v) is 3.00. The molecule has 0 aliphatic carbocycles. The number of hydrogen-bond donors (Lipinski definition) is 1. The molecule has 2 aromatic rings. The maximum absolute atomic E-state index is 11.0. The number of H-pyrrole nitrogens is 1. The smallest absolute Gasteiger partial charge is 0.250 e. The molecule has 72 valence electrons. The molecule has 2 heterocycles. The fourth-order valence-corrected chi connectivity index (χ4v) is 1.25. The van der Waals surface area contributed by atoms with Crippen molar-refractivity contribution >= 4 is 0 Å². The van der Waals surface area contributed by atoms with Gasteiger partial charge in [0.05, 0.1) is 0 Å². The highest BCUT2D eigenvalue weighted by atomic mass is 16.1. The van der Waals surface area contributed by atoms with Gasteiger partial charge < -0.3 is 4.98 Å². The lowest BCUT2D eigenvalue weighted by molar-refractivity contribution is 0.714. The highest BCUT2D eigenvalue weighted by Crippen LogP contribution is 2.01. The Bertz CT molecular complexity index is 485. The quantitative estimate of drug-likeness (QED) is 0.730. The second kappa shape index (κ2) is 3.45. The van der Waals surface area contributed by atoms with Gasteiger partial charge in [0.1, 0.15) is 5.82 Å². The fourth-order valence-electron chi connectivity index (χ4n) is 1.25. The first kappa shape index (κ1) is 8.68. The van der Waals surface area contributed by atoms with Gasteiger partial charge in [0.15, 0.2) is 0 Å². The summed E-state index contributed by atoms with van der Waals surface area (Å²) in [5.74, 6) is 0.654. The van der Waals surface area contributed by atoms with Crippen molar-refractivity contribution in [1.29, 1.82) is 0 Å². The zero-order valence-electron chi connectivity index (χ0n) is 7.77. The van der Waals surface area contributed by atoms with Crippen LogP contribution in [0.1, 0.15) is 11.5 Å². The van der Waals surface area contributed by atoms with Crippen molar-refractivity contribution in [2.45, 2.75) is 6.42 Å². The highest BCUT2D eigenvalue weighted by Gasteiger charge is 2.01. The molecule has 0 aliphatic rings. The summed E-state index contributed by atoms with van der Waals surface area (Å²) in [5, 5.41) is 4.03. The molecule has 0 spiro atoms. The molecule has 2 rings (SSSR count). The molecule has 0 radical (unpaired) electrons. The third kappa shape index (κ3) is 1.71. The van der Waals surface area contributed by atoms with Crippen LogP contribution in [0.5, 0.6) is 0 Å². The van der Waals surface area contributed by atoms with Crippen molar-refractivity contribution in [2.75, 3.05) is 0 Å². The Balaban J connectivity index is 2.27. The number of rotatable bonds is 2. The topological polar surface area (TPSA) is 63.6 Å². The van der Waals surface area contributed by atoms with E-state index in [1.54, 1.807) is 10.9 Å². The molecule has 0 saturated carbocycles. The standard InChI is InChI=1S/C9H10N4O/c1-13-7(2-5-11-13)6-8-10-4-3-9(14)12-8/h2-5H,6H2,1H3,(H,10,12,14). The van der Waals surface area contributed by atoms with E-state index in [4.69, 9.17) is 0 Å². The number of aryl methyl sites for hydroxylation is 1. The summed E-state index contributed by atoms with van der Waals surface area (Å²) in [6, 6.07) is 3.29. The predicted molar refractivity (Wildman–Crippen MR) is 50.9 cm³/mol. The van der Waals surface area contributed by atoms with Gasteiger partial charge in [0.25, 0.3) is 5.56 Å². The van der Waals surface area contributed by atoms with Gasteiger partial charge in [-0.2, -0.15) is 5.10 Å². The molecule has 0 saturated heterocycles. The number of hydrogen-bond acceptors (Lipinski definition) is 3. The van der Waals surface area contributed by atoms with Gasteiger partial charge in [-0.1, -0.05) is 0 Å². The van der Waals surface area contributed by atoms with E-state index >= 15 is 0 Å². The number of aromatic amines is 1. The van der Waals surface area contributed by atoms with Gasteiger partial charge in [-0.3, -0.25) is 9.48 Å². The van der Waals surface area contributed by atoms with E-state index in [2.05, 4.69) is 15.1 Å². The average Bonchev–Trinajstić information content (AvgIpc) is 2.52. The maximum atomic E-state index is 11.0. The van der Waals surface area contributed by atoms with Crippen molar-refractivity contribution in [3.63, 3.8) is 0 Å². The minimum Gasteiger partial charge on any atom is -0.310 e. The van der Waals surface area contributed by atoms with Crippen LogP contribution in [0, 0.1) is 0 Å². The van der Waals surface area contributed by atoms with E-state index in [0.717, 1.165) is 5.69 Å². The predicted octanol–water partition coefficient (Wildman–Crippen LogP) is 0.0942. The van der Waals surface area contributed by atoms with Gasteiger partial charge in [-0.15, -0.1) is 0 Å². The summed E-state index contributed by atoms with van der Waals surface area (Å²) in [5.41, 5.74) is 0.886. The first-order valence-corrected chi connectivity index (χ1v) is 4.27. The molecule has 5 nitrogen and oxygen atoms in total. The highest BCUT2D eigenvalue weighted by molar-refractivity contribution is 5.07. The van der Waals surface area contributed by atoms with E-state index in [-0.39, 0.29) is 5.56 Å². The molecular formula is C9H10N4O. The maximum Gasteiger partial charge on any atom is 0.250 e. The molecule has 1 N–H and O–H groups in total. The third-order valence-corrected chi connectivity index (χ3v) is 1.99. The van der Waals surface area contributed by atoms with Gasteiger partial charge in [0, 0.05) is 37.6 Å². The summed E-state index contributed by atoms with van der Waals surface area (Å²) >= 11 is 0. The van der Waals surface area contributed by atoms with Crippen LogP contribution in [0.4, 0.5) is 0 Å². The summed E-state index contributed by atoms with van der Waals surface area (Å²) in [6.45, 7) is 0. The molecule has 0 aliphatic heterocycles. The minimum absolute atomic E-state index is 0.128. The molecule has 0 amide bonds. The summed E-state index contributed by atoms with van der Waals surface area (Å²) < 4.78 is 1.76. The van der Waals surface area contributed by atoms with Crippen molar-refractivity contribution < 1.29 is 0 Å². The molecular weight excluding hydrogens is 180 g/mol. The molecule has 0 fully saturated rings. The Morgan fingerprint density at radius 3 is 2.93 bits per heavy atom. The Hall–Kier alpha value is -1.91. The first-order valence-electron chi connectivity index (χ1n) is 4.27. The average molecular weight is 190 g/mol. The molecule has 5 heteroatoms. The Labute approximate surface area is 80.4 Å². The minimum atomic E-state index is -0.128. The lowest BCUT2D eigenvalue weighted by atomic mass is 10.3. The summed E-state index contributed by atoms with van der Waals surface area (Å²) in [7, 11) is 1.86. The van der Waals surface area contributed by atoms with Crippen molar-refractivity contribution in [2.24, 2.45) is 7.05 Å². The Morgan fingerprint density at radius 2 is 2.29 bits per heavy atom. The van der Waals surface area contributed by atoms with Gasteiger partial charge in [-0.05, 0) is 6.07 Å². The summed E-state index contributed by atoms with van der Waals surface area (Å²) in [4.78, 5) is 17.7. The summed E-state index contributed by atoms with van der Waals surface area (Å²) in [6.07, 6.45) is 3.81. The molecule has 0 aromatic carbocycles. The van der Waals surface area contributed by atoms with E-state index in [9.17, 15) is 4.79 Å². The second-order valence-electron chi connectivity index (χ2n) is 3.00. The molecule has 14 heavy (non-hydrogen) atoms. The van der Waals surface area contributed by atoms with Gasteiger partial charge >= 0.3 is 0 Å². The van der Waals surface area contributed by atoms with Crippen LogP contribution in [0.15, 0.2) is 29.3 Å². The van der Waals surface area contributed by atoms with E-state index < -0.39 is 0 Å². The van der Waals surface area contributed by atoms with Crippen molar-refractivity contribution in [3.8, 4) is 0 Å².